The first-order chi connectivity index (χ1) is 8.17. The highest BCUT2D eigenvalue weighted by molar-refractivity contribution is 7.99. The molecule has 98 valence electrons. The van der Waals surface area contributed by atoms with E-state index in [1.807, 2.05) is 22.6 Å². The van der Waals surface area contributed by atoms with Crippen LogP contribution in [0.4, 0.5) is 0 Å². The molecule has 1 aromatic rings. The monoisotopic (exact) mass is 256 g/mol. The van der Waals surface area contributed by atoms with Crippen LogP contribution >= 0.6 is 11.8 Å². The van der Waals surface area contributed by atoms with E-state index >= 15 is 0 Å². The molecule has 1 heterocycles. The zero-order valence-corrected chi connectivity index (χ0v) is 11.8. The Kier molecular flexibility index (Phi) is 6.62. The van der Waals surface area contributed by atoms with E-state index in [9.17, 15) is 0 Å². The molecule has 0 bridgehead atoms. The van der Waals surface area contributed by atoms with Crippen molar-refractivity contribution in [2.24, 2.45) is 5.84 Å². The van der Waals surface area contributed by atoms with Gasteiger partial charge in [0.1, 0.15) is 0 Å². The fraction of sp³-hybridized carbons (Fsp3) is 0.750. The number of hydrogen-bond donors (Lipinski definition) is 2. The van der Waals surface area contributed by atoms with Crippen LogP contribution in [-0.4, -0.2) is 27.3 Å². The van der Waals surface area contributed by atoms with E-state index in [-0.39, 0.29) is 0 Å². The molecule has 1 aromatic heterocycles. The van der Waals surface area contributed by atoms with E-state index in [1.54, 1.807) is 0 Å². The molecule has 5 heteroatoms. The molecule has 3 N–H and O–H groups in total. The lowest BCUT2D eigenvalue weighted by Crippen LogP contribution is -2.38. The summed E-state index contributed by atoms with van der Waals surface area (Å²) < 4.78 is 1.99. The van der Waals surface area contributed by atoms with Crippen molar-refractivity contribution < 1.29 is 0 Å². The predicted octanol–water partition coefficient (Wildman–Crippen LogP) is 1.98. The van der Waals surface area contributed by atoms with Crippen LogP contribution in [0.5, 0.6) is 0 Å². The molecule has 0 aromatic carbocycles. The van der Waals surface area contributed by atoms with Crippen molar-refractivity contribution in [1.82, 2.24) is 15.2 Å². The Hall–Kier alpha value is -0.520. The number of nitrogens with two attached hydrogens (primary N) is 1. The van der Waals surface area contributed by atoms with Crippen LogP contribution < -0.4 is 11.3 Å². The summed E-state index contributed by atoms with van der Waals surface area (Å²) in [6, 6.07) is 2.80. The van der Waals surface area contributed by atoms with Gasteiger partial charge in [0.15, 0.2) is 0 Å². The third kappa shape index (κ3) is 5.10. The molecule has 0 saturated carbocycles. The summed E-state index contributed by atoms with van der Waals surface area (Å²) in [5, 5.41) is 4.54. The first kappa shape index (κ1) is 14.5. The van der Waals surface area contributed by atoms with Crippen LogP contribution in [0.15, 0.2) is 12.3 Å². The molecule has 1 unspecified atom stereocenters. The molecule has 4 nitrogen and oxygen atoms in total. The summed E-state index contributed by atoms with van der Waals surface area (Å²) >= 11 is 1.94. The second-order valence-electron chi connectivity index (χ2n) is 4.52. The Morgan fingerprint density at radius 2 is 2.29 bits per heavy atom. The average molecular weight is 256 g/mol. The van der Waals surface area contributed by atoms with Crippen molar-refractivity contribution in [3.8, 4) is 0 Å². The summed E-state index contributed by atoms with van der Waals surface area (Å²) in [4.78, 5) is 0. The molecule has 0 radical (unpaired) electrons. The van der Waals surface area contributed by atoms with Gasteiger partial charge in [-0.1, -0.05) is 6.92 Å². The molecule has 0 saturated heterocycles. The normalized spacial score (nSPS) is 13.2. The van der Waals surface area contributed by atoms with Crippen LogP contribution in [-0.2, 0) is 6.42 Å². The summed E-state index contributed by atoms with van der Waals surface area (Å²) in [6.07, 6.45) is 4.14. The van der Waals surface area contributed by atoms with Gasteiger partial charge >= 0.3 is 0 Å². The van der Waals surface area contributed by atoms with E-state index < -0.39 is 0 Å². The fourth-order valence-corrected chi connectivity index (χ4v) is 2.52. The number of thioether (sulfide) groups is 1. The summed E-state index contributed by atoms with van der Waals surface area (Å²) in [5.41, 5.74) is 3.99. The van der Waals surface area contributed by atoms with Crippen LogP contribution in [0.25, 0.3) is 0 Å². The largest absolute Gasteiger partial charge is 0.271 e. The summed E-state index contributed by atoms with van der Waals surface area (Å²) in [6.45, 7) is 6.46. The SMILES string of the molecule is CCCSCC(Cc1ccn(C(C)C)n1)NN. The zero-order valence-electron chi connectivity index (χ0n) is 11.0. The first-order valence-electron chi connectivity index (χ1n) is 6.25. The second-order valence-corrected chi connectivity index (χ2v) is 5.67. The minimum absolute atomic E-state index is 0.307. The lowest BCUT2D eigenvalue weighted by molar-refractivity contribution is 0.513. The van der Waals surface area contributed by atoms with E-state index in [1.165, 1.54) is 12.2 Å². The van der Waals surface area contributed by atoms with Gasteiger partial charge in [-0.05, 0) is 32.1 Å². The summed E-state index contributed by atoms with van der Waals surface area (Å²) in [5.74, 6) is 7.81. The highest BCUT2D eigenvalue weighted by Crippen LogP contribution is 2.10. The third-order valence-corrected chi connectivity index (χ3v) is 3.89. The maximum Gasteiger partial charge on any atom is 0.0641 e. The lowest BCUT2D eigenvalue weighted by Gasteiger charge is -2.13. The van der Waals surface area contributed by atoms with Gasteiger partial charge in [0.2, 0.25) is 0 Å². The Morgan fingerprint density at radius 3 is 2.82 bits per heavy atom. The van der Waals surface area contributed by atoms with Crippen molar-refractivity contribution >= 4 is 11.8 Å². The molecular formula is C12H24N4S. The van der Waals surface area contributed by atoms with Crippen molar-refractivity contribution in [2.45, 2.75) is 45.7 Å². The summed E-state index contributed by atoms with van der Waals surface area (Å²) in [7, 11) is 0. The molecular weight excluding hydrogens is 232 g/mol. The molecule has 17 heavy (non-hydrogen) atoms. The molecule has 1 atom stereocenters. The molecule has 1 rings (SSSR count). The van der Waals surface area contributed by atoms with Gasteiger partial charge in [0.25, 0.3) is 0 Å². The number of nitrogens with one attached hydrogen (secondary N) is 1. The Balaban J connectivity index is 2.43. The second kappa shape index (κ2) is 7.74. The topological polar surface area (TPSA) is 55.9 Å². The molecule has 0 amide bonds. The van der Waals surface area contributed by atoms with E-state index in [2.05, 4.69) is 37.4 Å². The molecule has 0 fully saturated rings. The number of rotatable bonds is 8. The quantitative estimate of drug-likeness (QED) is 0.424. The fourth-order valence-electron chi connectivity index (χ4n) is 1.56. The van der Waals surface area contributed by atoms with Crippen LogP contribution in [0.2, 0.25) is 0 Å². The maximum atomic E-state index is 5.57. The number of hydrazine groups is 1. The van der Waals surface area contributed by atoms with Gasteiger partial charge in [-0.3, -0.25) is 16.0 Å². The van der Waals surface area contributed by atoms with E-state index in [0.29, 0.717) is 12.1 Å². The molecule has 0 aliphatic carbocycles. The van der Waals surface area contributed by atoms with Crippen molar-refractivity contribution in [3.63, 3.8) is 0 Å². The third-order valence-electron chi connectivity index (χ3n) is 2.55. The Morgan fingerprint density at radius 1 is 1.53 bits per heavy atom. The zero-order chi connectivity index (χ0) is 12.7. The van der Waals surface area contributed by atoms with E-state index in [4.69, 9.17) is 5.84 Å². The van der Waals surface area contributed by atoms with Crippen molar-refractivity contribution in [2.75, 3.05) is 11.5 Å². The number of nitrogens with zero attached hydrogens (tertiary/aromatic N) is 2. The standard InChI is InChI=1S/C12H24N4S/c1-4-7-17-9-12(14-13)8-11-5-6-16(15-11)10(2)3/h5-6,10,12,14H,4,7-9,13H2,1-3H3. The predicted molar refractivity (Wildman–Crippen MR) is 75.0 cm³/mol. The number of hydrogen-bond acceptors (Lipinski definition) is 4. The minimum Gasteiger partial charge on any atom is -0.271 e. The highest BCUT2D eigenvalue weighted by Gasteiger charge is 2.10. The Bertz CT molecular complexity index is 311. The lowest BCUT2D eigenvalue weighted by atomic mass is 10.2. The minimum atomic E-state index is 0.307. The van der Waals surface area contributed by atoms with Gasteiger partial charge in [0.05, 0.1) is 5.69 Å². The smallest absolute Gasteiger partial charge is 0.0641 e. The molecule has 0 aliphatic heterocycles. The average Bonchev–Trinajstić information content (AvgIpc) is 2.76. The van der Waals surface area contributed by atoms with Gasteiger partial charge in [0, 0.05) is 30.5 Å². The van der Waals surface area contributed by atoms with Gasteiger partial charge in [-0.2, -0.15) is 16.9 Å². The van der Waals surface area contributed by atoms with Crippen LogP contribution in [0.1, 0.15) is 38.9 Å². The first-order valence-corrected chi connectivity index (χ1v) is 7.40. The van der Waals surface area contributed by atoms with Crippen molar-refractivity contribution in [3.05, 3.63) is 18.0 Å². The van der Waals surface area contributed by atoms with Gasteiger partial charge in [-0.25, -0.2) is 0 Å². The maximum absolute atomic E-state index is 5.57. The highest BCUT2D eigenvalue weighted by atomic mass is 32.2. The van der Waals surface area contributed by atoms with Crippen LogP contribution in [0, 0.1) is 0 Å². The van der Waals surface area contributed by atoms with E-state index in [0.717, 1.165) is 17.9 Å². The Labute approximate surface area is 108 Å². The van der Waals surface area contributed by atoms with Crippen molar-refractivity contribution in [1.29, 1.82) is 0 Å². The van der Waals surface area contributed by atoms with Gasteiger partial charge in [-0.15, -0.1) is 0 Å². The number of aromatic nitrogens is 2. The van der Waals surface area contributed by atoms with Gasteiger partial charge < -0.3 is 0 Å². The molecule has 0 aliphatic rings. The van der Waals surface area contributed by atoms with Crippen LogP contribution in [0.3, 0.4) is 0 Å². The molecule has 0 spiro atoms.